The molecule has 3 aromatic rings. The van der Waals surface area contributed by atoms with Crippen LogP contribution in [0.4, 0.5) is 0 Å². The van der Waals surface area contributed by atoms with E-state index in [1.54, 1.807) is 4.68 Å². The summed E-state index contributed by atoms with van der Waals surface area (Å²) in [7, 11) is 0. The third-order valence-corrected chi connectivity index (χ3v) is 3.87. The largest absolute Gasteiger partial charge is 0.504 e. The molecule has 0 amide bonds. The Kier molecular flexibility index (Phi) is 3.54. The molecule has 114 valence electrons. The molecule has 2 heterocycles. The van der Waals surface area contributed by atoms with Crippen molar-refractivity contribution >= 4 is 22.5 Å². The lowest BCUT2D eigenvalue weighted by Gasteiger charge is -2.13. The number of aromatic hydroxyl groups is 2. The van der Waals surface area contributed by atoms with Crippen molar-refractivity contribution < 1.29 is 10.2 Å². The van der Waals surface area contributed by atoms with Gasteiger partial charge >= 0.3 is 0 Å². The highest BCUT2D eigenvalue weighted by atomic mass is 35.5. The molecule has 22 heavy (non-hydrogen) atoms. The van der Waals surface area contributed by atoms with Crippen LogP contribution < -0.4 is 5.43 Å². The molecule has 1 aromatic carbocycles. The van der Waals surface area contributed by atoms with Crippen LogP contribution in [0.25, 0.3) is 10.9 Å². The van der Waals surface area contributed by atoms with Crippen molar-refractivity contribution in [2.45, 2.75) is 20.0 Å². The minimum Gasteiger partial charge on any atom is -0.504 e. The first-order valence-electron chi connectivity index (χ1n) is 6.77. The summed E-state index contributed by atoms with van der Waals surface area (Å²) in [5, 5.41) is 23.8. The number of aryl methyl sites for hydroxylation is 1. The lowest BCUT2D eigenvalue weighted by Crippen LogP contribution is -2.21. The molecule has 0 aliphatic rings. The molecule has 0 saturated heterocycles. The van der Waals surface area contributed by atoms with Gasteiger partial charge in [-0.2, -0.15) is 5.10 Å². The summed E-state index contributed by atoms with van der Waals surface area (Å²) in [4.78, 5) is 12.6. The van der Waals surface area contributed by atoms with Gasteiger partial charge in [0.05, 0.1) is 22.5 Å². The molecule has 0 aliphatic heterocycles. The molecule has 3 rings (SSSR count). The predicted molar refractivity (Wildman–Crippen MR) is 83.6 cm³/mol. The van der Waals surface area contributed by atoms with Crippen LogP contribution in [0, 0.1) is 0 Å². The number of benzene rings is 1. The monoisotopic (exact) mass is 319 g/mol. The fourth-order valence-corrected chi connectivity index (χ4v) is 2.69. The number of hydrogen-bond donors (Lipinski definition) is 2. The predicted octanol–water partition coefficient (Wildman–Crippen LogP) is 2.33. The Morgan fingerprint density at radius 2 is 1.95 bits per heavy atom. The van der Waals surface area contributed by atoms with Crippen LogP contribution in [0.5, 0.6) is 11.5 Å². The minimum atomic E-state index is -0.493. The lowest BCUT2D eigenvalue weighted by atomic mass is 10.1. The van der Waals surface area contributed by atoms with Crippen LogP contribution in [-0.4, -0.2) is 24.6 Å². The highest BCUT2D eigenvalue weighted by molar-refractivity contribution is 6.37. The maximum absolute atomic E-state index is 12.6. The van der Waals surface area contributed by atoms with Crippen molar-refractivity contribution in [2.75, 3.05) is 0 Å². The molecule has 0 radical (unpaired) electrons. The van der Waals surface area contributed by atoms with E-state index in [1.807, 2.05) is 36.0 Å². The first-order chi connectivity index (χ1) is 10.5. The zero-order chi connectivity index (χ0) is 15.9. The molecular weight excluding hydrogens is 306 g/mol. The van der Waals surface area contributed by atoms with Gasteiger partial charge in [0.15, 0.2) is 11.5 Å². The average molecular weight is 320 g/mol. The van der Waals surface area contributed by atoms with Crippen molar-refractivity contribution in [3.05, 3.63) is 51.5 Å². The molecule has 0 bridgehead atoms. The van der Waals surface area contributed by atoms with Gasteiger partial charge in [0, 0.05) is 25.0 Å². The second kappa shape index (κ2) is 5.38. The molecule has 0 spiro atoms. The number of halogens is 1. The van der Waals surface area contributed by atoms with Gasteiger partial charge in [0.1, 0.15) is 5.69 Å². The van der Waals surface area contributed by atoms with Crippen LogP contribution in [0.15, 0.2) is 35.4 Å². The molecule has 0 atom stereocenters. The number of fused-ring (bicyclic) bond motifs is 1. The number of aromatic nitrogens is 3. The van der Waals surface area contributed by atoms with Gasteiger partial charge in [-0.3, -0.25) is 9.48 Å². The first-order valence-corrected chi connectivity index (χ1v) is 7.15. The summed E-state index contributed by atoms with van der Waals surface area (Å²) < 4.78 is 3.41. The maximum Gasteiger partial charge on any atom is 0.214 e. The number of nitrogens with zero attached hydrogens (tertiary/aromatic N) is 3. The second-order valence-electron chi connectivity index (χ2n) is 4.90. The standard InChI is InChI=1S/C15H14ClN3O3/c1-2-19-10-7-11(20)15(22)13(16)12(10)14(21)9(17-19)8-18-5-3-4-6-18/h3-7,20,22H,2,8H2,1H3. The van der Waals surface area contributed by atoms with E-state index in [-0.39, 0.29) is 21.6 Å². The van der Waals surface area contributed by atoms with Crippen molar-refractivity contribution in [1.29, 1.82) is 0 Å². The van der Waals surface area contributed by atoms with E-state index in [4.69, 9.17) is 11.6 Å². The summed E-state index contributed by atoms with van der Waals surface area (Å²) in [6.45, 7) is 2.67. The van der Waals surface area contributed by atoms with Crippen molar-refractivity contribution in [3.8, 4) is 11.5 Å². The van der Waals surface area contributed by atoms with Gasteiger partial charge in [-0.25, -0.2) is 0 Å². The summed E-state index contributed by atoms with van der Waals surface area (Å²) in [5.41, 5.74) is 0.357. The van der Waals surface area contributed by atoms with E-state index in [0.717, 1.165) is 0 Å². The number of phenols is 2. The Bertz CT molecular complexity index is 901. The zero-order valence-corrected chi connectivity index (χ0v) is 12.6. The highest BCUT2D eigenvalue weighted by Gasteiger charge is 2.18. The topological polar surface area (TPSA) is 80.3 Å². The molecular formula is C15H14ClN3O3. The molecule has 0 saturated carbocycles. The first kappa shape index (κ1) is 14.5. The number of rotatable bonds is 3. The zero-order valence-electron chi connectivity index (χ0n) is 11.8. The summed E-state index contributed by atoms with van der Waals surface area (Å²) >= 11 is 6.06. The van der Waals surface area contributed by atoms with Crippen LogP contribution in [0.3, 0.4) is 0 Å². The van der Waals surface area contributed by atoms with E-state index >= 15 is 0 Å². The van der Waals surface area contributed by atoms with E-state index in [2.05, 4.69) is 5.10 Å². The van der Waals surface area contributed by atoms with Crippen molar-refractivity contribution in [1.82, 2.24) is 14.3 Å². The molecule has 0 fully saturated rings. The summed E-state index contributed by atoms with van der Waals surface area (Å²) in [6.07, 6.45) is 3.66. The molecule has 6 nitrogen and oxygen atoms in total. The third kappa shape index (κ3) is 2.21. The van der Waals surface area contributed by atoms with E-state index < -0.39 is 5.75 Å². The Hall–Kier alpha value is -2.47. The Labute approximate surface area is 130 Å². The van der Waals surface area contributed by atoms with Crippen LogP contribution in [0.2, 0.25) is 5.02 Å². The molecule has 0 unspecified atom stereocenters. The van der Waals surface area contributed by atoms with Gasteiger partial charge in [0.2, 0.25) is 5.43 Å². The Morgan fingerprint density at radius 1 is 1.27 bits per heavy atom. The number of hydrogen-bond acceptors (Lipinski definition) is 4. The van der Waals surface area contributed by atoms with Crippen LogP contribution in [0.1, 0.15) is 12.6 Å². The van der Waals surface area contributed by atoms with E-state index in [1.165, 1.54) is 6.07 Å². The average Bonchev–Trinajstić information content (AvgIpc) is 3.00. The molecule has 0 aliphatic carbocycles. The second-order valence-corrected chi connectivity index (χ2v) is 5.28. The SMILES string of the molecule is CCn1nc(Cn2cccc2)c(=O)c2c(Cl)c(O)c(O)cc21. The van der Waals surface area contributed by atoms with Crippen LogP contribution >= 0.6 is 11.6 Å². The highest BCUT2D eigenvalue weighted by Crippen LogP contribution is 2.37. The van der Waals surface area contributed by atoms with Gasteiger partial charge in [0.25, 0.3) is 0 Å². The normalized spacial score (nSPS) is 11.2. The molecule has 2 N–H and O–H groups in total. The van der Waals surface area contributed by atoms with Gasteiger partial charge in [-0.05, 0) is 19.1 Å². The third-order valence-electron chi connectivity index (χ3n) is 3.51. The fraction of sp³-hybridized carbons (Fsp3) is 0.200. The van der Waals surface area contributed by atoms with E-state index in [9.17, 15) is 15.0 Å². The maximum atomic E-state index is 12.6. The van der Waals surface area contributed by atoms with Crippen molar-refractivity contribution in [2.24, 2.45) is 0 Å². The minimum absolute atomic E-state index is 0.154. The van der Waals surface area contributed by atoms with Gasteiger partial charge in [-0.15, -0.1) is 0 Å². The fourth-order valence-electron chi connectivity index (χ4n) is 2.42. The quantitative estimate of drug-likeness (QED) is 0.726. The summed E-state index contributed by atoms with van der Waals surface area (Å²) in [6, 6.07) is 5.01. The van der Waals surface area contributed by atoms with Crippen LogP contribution in [-0.2, 0) is 13.1 Å². The lowest BCUT2D eigenvalue weighted by molar-refractivity contribution is 0.404. The Morgan fingerprint density at radius 3 is 2.59 bits per heavy atom. The summed E-state index contributed by atoms with van der Waals surface area (Å²) in [5.74, 6) is -0.869. The molecule has 7 heteroatoms. The Balaban J connectivity index is 2.32. The number of phenolic OH excluding ortho intramolecular Hbond substituents is 2. The van der Waals surface area contributed by atoms with E-state index in [0.29, 0.717) is 24.3 Å². The van der Waals surface area contributed by atoms with Gasteiger partial charge < -0.3 is 14.8 Å². The van der Waals surface area contributed by atoms with Crippen molar-refractivity contribution in [3.63, 3.8) is 0 Å². The van der Waals surface area contributed by atoms with Gasteiger partial charge in [-0.1, -0.05) is 11.6 Å². The smallest absolute Gasteiger partial charge is 0.214 e. The molecule has 2 aromatic heterocycles.